The monoisotopic (exact) mass is 460 g/mol. The molecule has 8 heteroatoms. The number of sulfonamides is 1. The summed E-state index contributed by atoms with van der Waals surface area (Å²) in [5.74, 6) is -0.576. The Kier molecular flexibility index (Phi) is 6.13. The summed E-state index contributed by atoms with van der Waals surface area (Å²) in [5, 5.41) is 12.7. The predicted octanol–water partition coefficient (Wildman–Crippen LogP) is 4.20. The van der Waals surface area contributed by atoms with E-state index in [0.717, 1.165) is 22.4 Å². The minimum absolute atomic E-state index is 0.262. The first-order chi connectivity index (χ1) is 15.7. The van der Waals surface area contributed by atoms with Gasteiger partial charge in [-0.25, -0.2) is 18.2 Å². The summed E-state index contributed by atoms with van der Waals surface area (Å²) in [6.45, 7) is 4.02. The molecule has 1 heterocycles. The van der Waals surface area contributed by atoms with Gasteiger partial charge in [-0.05, 0) is 49.2 Å². The van der Waals surface area contributed by atoms with Gasteiger partial charge >= 0.3 is 0 Å². The summed E-state index contributed by atoms with van der Waals surface area (Å²) < 4.78 is 24.3. The summed E-state index contributed by atoms with van der Waals surface area (Å²) in [4.78, 5) is 13.3. The van der Waals surface area contributed by atoms with Crippen LogP contribution in [0, 0.1) is 13.8 Å². The van der Waals surface area contributed by atoms with Crippen LogP contribution in [0.25, 0.3) is 16.9 Å². The molecular formula is C25H24N4O3S. The van der Waals surface area contributed by atoms with Crippen LogP contribution >= 0.6 is 0 Å². The zero-order chi connectivity index (χ0) is 23.6. The Morgan fingerprint density at radius 1 is 1.00 bits per heavy atom. The topological polar surface area (TPSA) is 107 Å². The van der Waals surface area contributed by atoms with Gasteiger partial charge in [0.25, 0.3) is 5.91 Å². The number of benzene rings is 3. The summed E-state index contributed by atoms with van der Waals surface area (Å²) in [7, 11) is -3.62. The van der Waals surface area contributed by atoms with Gasteiger partial charge in [0.15, 0.2) is 0 Å². The van der Waals surface area contributed by atoms with Gasteiger partial charge in [-0.15, -0.1) is 0 Å². The highest BCUT2D eigenvalue weighted by molar-refractivity contribution is 7.88. The second-order valence-corrected chi connectivity index (χ2v) is 9.56. The van der Waals surface area contributed by atoms with Crippen molar-refractivity contribution in [2.75, 3.05) is 5.32 Å². The summed E-state index contributed by atoms with van der Waals surface area (Å²) in [6, 6.07) is 22.2. The highest BCUT2D eigenvalue weighted by Crippen LogP contribution is 2.28. The van der Waals surface area contributed by atoms with E-state index in [1.54, 1.807) is 35.1 Å². The normalized spacial score (nSPS) is 11.4. The lowest BCUT2D eigenvalue weighted by Gasteiger charge is -2.08. The number of aromatic nitrogens is 2. The number of primary sulfonamides is 1. The van der Waals surface area contributed by atoms with Crippen LogP contribution < -0.4 is 10.5 Å². The minimum atomic E-state index is -3.62. The molecule has 0 unspecified atom stereocenters. The molecule has 33 heavy (non-hydrogen) atoms. The predicted molar refractivity (Wildman–Crippen MR) is 130 cm³/mol. The van der Waals surface area contributed by atoms with Crippen LogP contribution in [-0.4, -0.2) is 24.1 Å². The fourth-order valence-corrected chi connectivity index (χ4v) is 4.30. The lowest BCUT2D eigenvalue weighted by molar-refractivity contribution is 0.102. The number of aryl methyl sites for hydroxylation is 2. The fraction of sp³-hybridized carbons (Fsp3) is 0.120. The quantitative estimate of drug-likeness (QED) is 0.450. The van der Waals surface area contributed by atoms with E-state index in [1.807, 2.05) is 56.3 Å². The molecule has 0 aliphatic heterocycles. The highest BCUT2D eigenvalue weighted by Gasteiger charge is 2.20. The van der Waals surface area contributed by atoms with Gasteiger partial charge in [-0.1, -0.05) is 54.1 Å². The third-order valence-corrected chi connectivity index (χ3v) is 5.93. The number of nitrogens with one attached hydrogen (secondary N) is 1. The lowest BCUT2D eigenvalue weighted by Crippen LogP contribution is -2.15. The van der Waals surface area contributed by atoms with Crippen molar-refractivity contribution in [2.45, 2.75) is 19.6 Å². The molecule has 3 aromatic carbocycles. The molecule has 1 aromatic heterocycles. The molecule has 0 aliphatic rings. The number of para-hydroxylation sites is 1. The summed E-state index contributed by atoms with van der Waals surface area (Å²) in [6.07, 6.45) is 1.72. The Morgan fingerprint density at radius 3 is 2.33 bits per heavy atom. The van der Waals surface area contributed by atoms with Crippen LogP contribution in [0.1, 0.15) is 27.0 Å². The number of rotatable bonds is 6. The Morgan fingerprint density at radius 2 is 1.70 bits per heavy atom. The van der Waals surface area contributed by atoms with Crippen molar-refractivity contribution >= 4 is 21.6 Å². The minimum Gasteiger partial charge on any atom is -0.322 e. The highest BCUT2D eigenvalue weighted by atomic mass is 32.2. The molecule has 0 aliphatic carbocycles. The van der Waals surface area contributed by atoms with Gasteiger partial charge in [0.1, 0.15) is 5.69 Å². The number of amides is 1. The molecule has 0 saturated carbocycles. The molecule has 0 radical (unpaired) electrons. The van der Waals surface area contributed by atoms with E-state index >= 15 is 0 Å². The molecule has 168 valence electrons. The van der Waals surface area contributed by atoms with Crippen LogP contribution in [0.5, 0.6) is 0 Å². The van der Waals surface area contributed by atoms with Gasteiger partial charge in [0, 0.05) is 17.4 Å². The van der Waals surface area contributed by atoms with E-state index in [4.69, 9.17) is 10.2 Å². The van der Waals surface area contributed by atoms with Crippen molar-refractivity contribution in [3.63, 3.8) is 0 Å². The van der Waals surface area contributed by atoms with Crippen molar-refractivity contribution in [3.05, 3.63) is 101 Å². The third-order valence-electron chi connectivity index (χ3n) is 5.20. The van der Waals surface area contributed by atoms with Gasteiger partial charge in [0.2, 0.25) is 10.0 Å². The lowest BCUT2D eigenvalue weighted by atomic mass is 10.0. The molecule has 1 amide bonds. The van der Waals surface area contributed by atoms with E-state index in [9.17, 15) is 13.2 Å². The van der Waals surface area contributed by atoms with Crippen LogP contribution in [0.3, 0.4) is 0 Å². The molecule has 0 spiro atoms. The summed E-state index contributed by atoms with van der Waals surface area (Å²) in [5.41, 5.74) is 5.97. The van der Waals surface area contributed by atoms with Crippen LogP contribution in [0.2, 0.25) is 0 Å². The number of carbonyl (C=O) groups is 1. The molecule has 3 N–H and O–H groups in total. The Hall–Kier alpha value is -3.75. The summed E-state index contributed by atoms with van der Waals surface area (Å²) >= 11 is 0. The van der Waals surface area contributed by atoms with Crippen molar-refractivity contribution in [3.8, 4) is 16.9 Å². The molecular weight excluding hydrogens is 436 g/mol. The van der Waals surface area contributed by atoms with Gasteiger partial charge in [0.05, 0.1) is 17.0 Å². The molecule has 7 nitrogen and oxygen atoms in total. The molecule has 0 saturated heterocycles. The maximum Gasteiger partial charge on any atom is 0.259 e. The van der Waals surface area contributed by atoms with E-state index in [2.05, 4.69) is 11.4 Å². The number of carbonyl (C=O) groups excluding carboxylic acids is 1. The van der Waals surface area contributed by atoms with Crippen LogP contribution in [-0.2, 0) is 15.8 Å². The van der Waals surface area contributed by atoms with E-state index in [0.29, 0.717) is 22.5 Å². The first-order valence-electron chi connectivity index (χ1n) is 10.3. The van der Waals surface area contributed by atoms with Gasteiger partial charge in [-0.2, -0.15) is 5.10 Å². The fourth-order valence-electron chi connectivity index (χ4n) is 3.65. The number of nitrogens with zero attached hydrogens (tertiary/aromatic N) is 2. The zero-order valence-electron chi connectivity index (χ0n) is 18.3. The zero-order valence-corrected chi connectivity index (χ0v) is 19.1. The number of hydrogen-bond donors (Lipinski definition) is 2. The average molecular weight is 461 g/mol. The standard InChI is InChI=1S/C25H24N4O3S/c1-17-8-13-22(18(2)14-17)24-23(15-29(28-24)21-6-4-3-5-7-21)25(30)27-20-11-9-19(10-12-20)16-33(26,31)32/h3-15H,16H2,1-2H3,(H,27,30)(H2,26,31,32). The SMILES string of the molecule is Cc1ccc(-c2nn(-c3ccccc3)cc2C(=O)Nc2ccc(CS(N)(=O)=O)cc2)c(C)c1. The molecule has 0 atom stereocenters. The van der Waals surface area contributed by atoms with Crippen LogP contribution in [0.15, 0.2) is 79.0 Å². The molecule has 4 rings (SSSR count). The first-order valence-corrected chi connectivity index (χ1v) is 12.0. The third kappa shape index (κ3) is 5.36. The largest absolute Gasteiger partial charge is 0.322 e. The molecule has 4 aromatic rings. The molecule has 0 bridgehead atoms. The number of anilines is 1. The smallest absolute Gasteiger partial charge is 0.259 e. The second kappa shape index (κ2) is 9.01. The van der Waals surface area contributed by atoms with E-state index in [1.165, 1.54) is 0 Å². The Bertz CT molecular complexity index is 1410. The Balaban J connectivity index is 1.69. The number of nitrogens with two attached hydrogens (primary N) is 1. The Labute approximate surface area is 192 Å². The van der Waals surface area contributed by atoms with Crippen molar-refractivity contribution < 1.29 is 13.2 Å². The maximum atomic E-state index is 13.3. The van der Waals surface area contributed by atoms with Gasteiger partial charge in [-0.3, -0.25) is 4.79 Å². The van der Waals surface area contributed by atoms with E-state index in [-0.39, 0.29) is 11.7 Å². The van der Waals surface area contributed by atoms with E-state index < -0.39 is 10.0 Å². The molecule has 0 fully saturated rings. The van der Waals surface area contributed by atoms with Crippen molar-refractivity contribution in [1.82, 2.24) is 9.78 Å². The maximum absolute atomic E-state index is 13.3. The average Bonchev–Trinajstić information content (AvgIpc) is 3.20. The van der Waals surface area contributed by atoms with Crippen molar-refractivity contribution in [1.29, 1.82) is 0 Å². The first kappa shape index (κ1) is 22.4. The number of hydrogen-bond acceptors (Lipinski definition) is 4. The van der Waals surface area contributed by atoms with Crippen LogP contribution in [0.4, 0.5) is 5.69 Å². The van der Waals surface area contributed by atoms with Crippen molar-refractivity contribution in [2.24, 2.45) is 5.14 Å². The van der Waals surface area contributed by atoms with Gasteiger partial charge < -0.3 is 5.32 Å². The second-order valence-electron chi connectivity index (χ2n) is 7.95.